The molecule has 4 heteroatoms. The number of benzene rings is 1. The van der Waals surface area contributed by atoms with Crippen LogP contribution < -0.4 is 10.1 Å². The number of fused-ring (bicyclic) bond motifs is 1. The van der Waals surface area contributed by atoms with Crippen LogP contribution in [-0.2, 0) is 0 Å². The van der Waals surface area contributed by atoms with Crippen molar-refractivity contribution in [3.05, 3.63) is 30.5 Å². The molecule has 102 valence electrons. The zero-order chi connectivity index (χ0) is 13.7. The van der Waals surface area contributed by atoms with Crippen LogP contribution in [0.5, 0.6) is 5.88 Å². The van der Waals surface area contributed by atoms with Gasteiger partial charge in [0.25, 0.3) is 0 Å². The second-order valence-corrected chi connectivity index (χ2v) is 4.72. The lowest BCUT2D eigenvalue weighted by atomic mass is 10.1. The van der Waals surface area contributed by atoms with Crippen molar-refractivity contribution < 1.29 is 4.74 Å². The molecule has 0 radical (unpaired) electrons. The molecule has 2 rings (SSSR count). The molecule has 19 heavy (non-hydrogen) atoms. The first-order valence-electron chi connectivity index (χ1n) is 6.61. The SMILES string of the molecule is CCOc1nccc2ccc(NCCN(C)C)cc12. The Bertz CT molecular complexity index is 540. The summed E-state index contributed by atoms with van der Waals surface area (Å²) in [6.45, 7) is 4.52. The molecule has 0 aliphatic rings. The topological polar surface area (TPSA) is 37.4 Å². The van der Waals surface area contributed by atoms with Crippen LogP contribution in [0.3, 0.4) is 0 Å². The summed E-state index contributed by atoms with van der Waals surface area (Å²) >= 11 is 0. The molecule has 2 aromatic rings. The van der Waals surface area contributed by atoms with Gasteiger partial charge in [0.05, 0.1) is 6.61 Å². The minimum atomic E-state index is 0.629. The lowest BCUT2D eigenvalue weighted by molar-refractivity contribution is 0.331. The molecule has 1 aromatic heterocycles. The maximum atomic E-state index is 5.57. The normalized spacial score (nSPS) is 10.9. The molecule has 0 spiro atoms. The second-order valence-electron chi connectivity index (χ2n) is 4.72. The molecule has 4 nitrogen and oxygen atoms in total. The van der Waals surface area contributed by atoms with E-state index in [9.17, 15) is 0 Å². The summed E-state index contributed by atoms with van der Waals surface area (Å²) in [5.74, 6) is 0.705. The van der Waals surface area contributed by atoms with Crippen molar-refractivity contribution >= 4 is 16.5 Å². The highest BCUT2D eigenvalue weighted by atomic mass is 16.5. The molecule has 0 atom stereocenters. The third-order valence-electron chi connectivity index (χ3n) is 2.90. The maximum absolute atomic E-state index is 5.57. The van der Waals surface area contributed by atoms with Crippen LogP contribution in [0, 0.1) is 0 Å². The number of rotatable bonds is 6. The van der Waals surface area contributed by atoms with E-state index >= 15 is 0 Å². The van der Waals surface area contributed by atoms with Gasteiger partial charge in [-0.25, -0.2) is 4.98 Å². The summed E-state index contributed by atoms with van der Waals surface area (Å²) in [5.41, 5.74) is 1.10. The van der Waals surface area contributed by atoms with Crippen LogP contribution in [0.2, 0.25) is 0 Å². The van der Waals surface area contributed by atoms with Gasteiger partial charge in [0, 0.05) is 30.4 Å². The monoisotopic (exact) mass is 259 g/mol. The van der Waals surface area contributed by atoms with Gasteiger partial charge in [-0.3, -0.25) is 0 Å². The van der Waals surface area contributed by atoms with E-state index in [2.05, 4.69) is 47.5 Å². The van der Waals surface area contributed by atoms with E-state index in [1.807, 2.05) is 13.0 Å². The second kappa shape index (κ2) is 6.38. The molecular weight excluding hydrogens is 238 g/mol. The van der Waals surface area contributed by atoms with Gasteiger partial charge in [0.15, 0.2) is 0 Å². The third kappa shape index (κ3) is 3.58. The maximum Gasteiger partial charge on any atom is 0.221 e. The molecule has 0 saturated carbocycles. The van der Waals surface area contributed by atoms with Gasteiger partial charge < -0.3 is 15.0 Å². The molecule has 0 unspecified atom stereocenters. The first kappa shape index (κ1) is 13.6. The average Bonchev–Trinajstić information content (AvgIpc) is 2.39. The van der Waals surface area contributed by atoms with Gasteiger partial charge in [-0.1, -0.05) is 6.07 Å². The summed E-state index contributed by atoms with van der Waals surface area (Å²) in [4.78, 5) is 6.44. The van der Waals surface area contributed by atoms with Crippen LogP contribution >= 0.6 is 0 Å². The predicted octanol–water partition coefficient (Wildman–Crippen LogP) is 2.61. The fourth-order valence-corrected chi connectivity index (χ4v) is 1.93. The first-order valence-corrected chi connectivity index (χ1v) is 6.61. The first-order chi connectivity index (χ1) is 9.20. The van der Waals surface area contributed by atoms with Gasteiger partial charge >= 0.3 is 0 Å². The van der Waals surface area contributed by atoms with Crippen molar-refractivity contribution in [2.24, 2.45) is 0 Å². The van der Waals surface area contributed by atoms with Crippen molar-refractivity contribution in [3.8, 4) is 5.88 Å². The highest BCUT2D eigenvalue weighted by Gasteiger charge is 2.04. The van der Waals surface area contributed by atoms with Crippen molar-refractivity contribution in [1.29, 1.82) is 0 Å². The molecule has 0 amide bonds. The van der Waals surface area contributed by atoms with Gasteiger partial charge in [-0.2, -0.15) is 0 Å². The van der Waals surface area contributed by atoms with E-state index in [1.165, 1.54) is 0 Å². The molecule has 0 aliphatic carbocycles. The number of hydrogen-bond donors (Lipinski definition) is 1. The summed E-state index contributed by atoms with van der Waals surface area (Å²) < 4.78 is 5.57. The van der Waals surface area contributed by atoms with Crippen LogP contribution in [0.4, 0.5) is 5.69 Å². The third-order valence-corrected chi connectivity index (χ3v) is 2.90. The number of likely N-dealkylation sites (N-methyl/N-ethyl adjacent to an activating group) is 1. The molecule has 1 N–H and O–H groups in total. The number of aromatic nitrogens is 1. The Hall–Kier alpha value is -1.81. The van der Waals surface area contributed by atoms with Crippen LogP contribution in [0.25, 0.3) is 10.8 Å². The molecule has 0 fully saturated rings. The Morgan fingerprint density at radius 2 is 2.11 bits per heavy atom. The van der Waals surface area contributed by atoms with Crippen molar-refractivity contribution in [2.75, 3.05) is 39.1 Å². The number of nitrogens with zero attached hydrogens (tertiary/aromatic N) is 2. The van der Waals surface area contributed by atoms with E-state index in [0.29, 0.717) is 12.5 Å². The quantitative estimate of drug-likeness (QED) is 0.865. The molecule has 0 saturated heterocycles. The number of pyridine rings is 1. The number of ether oxygens (including phenoxy) is 1. The summed E-state index contributed by atoms with van der Waals surface area (Å²) in [5, 5.41) is 5.62. The molecule has 0 aliphatic heterocycles. The van der Waals surface area contributed by atoms with E-state index < -0.39 is 0 Å². The van der Waals surface area contributed by atoms with E-state index in [1.54, 1.807) is 6.20 Å². The van der Waals surface area contributed by atoms with Gasteiger partial charge in [0.1, 0.15) is 0 Å². The Kier molecular flexibility index (Phi) is 4.58. The Balaban J connectivity index is 2.20. The largest absolute Gasteiger partial charge is 0.478 e. The van der Waals surface area contributed by atoms with Crippen LogP contribution in [-0.4, -0.2) is 43.7 Å². The Morgan fingerprint density at radius 1 is 1.26 bits per heavy atom. The van der Waals surface area contributed by atoms with Gasteiger partial charge in [0.2, 0.25) is 5.88 Å². The number of nitrogens with one attached hydrogen (secondary N) is 1. The fraction of sp³-hybridized carbons (Fsp3) is 0.400. The lowest BCUT2D eigenvalue weighted by Gasteiger charge is -2.12. The van der Waals surface area contributed by atoms with Crippen molar-refractivity contribution in [3.63, 3.8) is 0 Å². The molecule has 1 aromatic carbocycles. The number of anilines is 1. The fourth-order valence-electron chi connectivity index (χ4n) is 1.93. The standard InChI is InChI=1S/C15H21N3O/c1-4-19-15-14-11-13(16-9-10-18(2)3)6-5-12(14)7-8-17-15/h5-8,11,16H,4,9-10H2,1-3H3. The summed E-state index contributed by atoms with van der Waals surface area (Å²) in [7, 11) is 4.14. The van der Waals surface area contributed by atoms with Crippen molar-refractivity contribution in [1.82, 2.24) is 9.88 Å². The van der Waals surface area contributed by atoms with Crippen LogP contribution in [0.15, 0.2) is 30.5 Å². The summed E-state index contributed by atoms with van der Waals surface area (Å²) in [6.07, 6.45) is 1.78. The zero-order valence-electron chi connectivity index (χ0n) is 11.8. The molecular formula is C15H21N3O. The van der Waals surface area contributed by atoms with Crippen LogP contribution in [0.1, 0.15) is 6.92 Å². The minimum absolute atomic E-state index is 0.629. The zero-order valence-corrected chi connectivity index (χ0v) is 11.8. The van der Waals surface area contributed by atoms with Gasteiger partial charge in [-0.05, 0) is 44.6 Å². The smallest absolute Gasteiger partial charge is 0.221 e. The Morgan fingerprint density at radius 3 is 2.84 bits per heavy atom. The Labute approximate surface area is 114 Å². The van der Waals surface area contributed by atoms with E-state index in [-0.39, 0.29) is 0 Å². The highest BCUT2D eigenvalue weighted by Crippen LogP contribution is 2.26. The molecule has 1 heterocycles. The van der Waals surface area contributed by atoms with Gasteiger partial charge in [-0.15, -0.1) is 0 Å². The summed E-state index contributed by atoms with van der Waals surface area (Å²) in [6, 6.07) is 8.29. The minimum Gasteiger partial charge on any atom is -0.478 e. The highest BCUT2D eigenvalue weighted by molar-refractivity contribution is 5.89. The lowest BCUT2D eigenvalue weighted by Crippen LogP contribution is -2.20. The number of hydrogen-bond acceptors (Lipinski definition) is 4. The van der Waals surface area contributed by atoms with E-state index in [0.717, 1.165) is 29.5 Å². The molecule has 0 bridgehead atoms. The van der Waals surface area contributed by atoms with Crippen molar-refractivity contribution in [2.45, 2.75) is 6.92 Å². The van der Waals surface area contributed by atoms with E-state index in [4.69, 9.17) is 4.74 Å². The average molecular weight is 259 g/mol. The predicted molar refractivity (Wildman–Crippen MR) is 80.0 cm³/mol.